The number of phenols is 1. The molecule has 3 aromatic carbocycles. The van der Waals surface area contributed by atoms with Gasteiger partial charge in [-0.2, -0.15) is 0 Å². The van der Waals surface area contributed by atoms with Gasteiger partial charge in [0.25, 0.3) is 5.95 Å². The second-order valence-electron chi connectivity index (χ2n) is 6.70. The van der Waals surface area contributed by atoms with Crippen LogP contribution in [-0.2, 0) is 13.2 Å². The van der Waals surface area contributed by atoms with E-state index in [9.17, 15) is 9.90 Å². The van der Waals surface area contributed by atoms with Crippen molar-refractivity contribution in [3.05, 3.63) is 95.6 Å². The maximum Gasteiger partial charge on any atom is 0.289 e. The summed E-state index contributed by atoms with van der Waals surface area (Å²) < 4.78 is 17.9. The smallest absolute Gasteiger partial charge is 0.289 e. The van der Waals surface area contributed by atoms with Crippen molar-refractivity contribution in [1.29, 1.82) is 0 Å². The molecule has 0 aliphatic heterocycles. The van der Waals surface area contributed by atoms with Crippen molar-refractivity contribution in [1.82, 2.24) is 0 Å². The first-order valence-corrected chi connectivity index (χ1v) is 11.0. The average molecular weight is 569 g/mol. The summed E-state index contributed by atoms with van der Waals surface area (Å²) in [4.78, 5) is 12.6. The number of fused-ring (bicyclic) bond motifs is 1. The summed E-state index contributed by atoms with van der Waals surface area (Å²) in [7, 11) is 0. The highest BCUT2D eigenvalue weighted by Gasteiger charge is 2.15. The van der Waals surface area contributed by atoms with Crippen molar-refractivity contribution in [3.63, 3.8) is 0 Å². The Morgan fingerprint density at radius 1 is 0.903 bits per heavy atom. The lowest BCUT2D eigenvalue weighted by molar-refractivity contribution is 0.235. The molecule has 0 saturated heterocycles. The number of aromatic hydroxyl groups is 1. The average Bonchev–Trinajstić information content (AvgIpc) is 2.71. The molecule has 1 heterocycles. The molecule has 0 atom stereocenters. The first-order valence-electron chi connectivity index (χ1n) is 9.14. The molecule has 0 spiro atoms. The molecule has 0 fully saturated rings. The minimum absolute atomic E-state index is 0.0215. The number of ether oxygens (including phenoxy) is 2. The summed E-state index contributed by atoms with van der Waals surface area (Å²) in [6.45, 7) is 0.364. The molecule has 31 heavy (non-hydrogen) atoms. The van der Waals surface area contributed by atoms with Crippen LogP contribution in [0.1, 0.15) is 11.1 Å². The lowest BCUT2D eigenvalue weighted by Crippen LogP contribution is -2.04. The van der Waals surface area contributed by atoms with Gasteiger partial charge in [0.05, 0.1) is 6.07 Å². The lowest BCUT2D eigenvalue weighted by Gasteiger charge is -2.11. The first kappa shape index (κ1) is 21.8. The van der Waals surface area contributed by atoms with E-state index < -0.39 is 5.43 Å². The molecule has 5 nitrogen and oxygen atoms in total. The zero-order valence-electron chi connectivity index (χ0n) is 15.9. The van der Waals surface area contributed by atoms with Gasteiger partial charge < -0.3 is 19.0 Å². The number of hydrogen-bond donors (Lipinski definition) is 1. The van der Waals surface area contributed by atoms with E-state index in [1.165, 1.54) is 12.1 Å². The van der Waals surface area contributed by atoms with E-state index in [2.05, 4.69) is 22.6 Å². The third-order valence-corrected chi connectivity index (χ3v) is 5.47. The first-order chi connectivity index (χ1) is 14.9. The molecule has 8 heteroatoms. The molecule has 0 saturated carbocycles. The molecule has 0 bridgehead atoms. The fourth-order valence-corrected chi connectivity index (χ4v) is 4.41. The highest BCUT2D eigenvalue weighted by Crippen LogP contribution is 2.34. The minimum atomic E-state index is -0.442. The van der Waals surface area contributed by atoms with Gasteiger partial charge in [-0.15, -0.1) is 0 Å². The third kappa shape index (κ3) is 5.26. The van der Waals surface area contributed by atoms with Gasteiger partial charge in [0.1, 0.15) is 24.2 Å². The molecule has 1 N–H and O–H groups in total. The highest BCUT2D eigenvalue weighted by atomic mass is 127. The predicted octanol–water partition coefficient (Wildman–Crippen LogP) is 6.57. The fourth-order valence-electron chi connectivity index (χ4n) is 3.02. The summed E-state index contributed by atoms with van der Waals surface area (Å²) in [5.74, 6) is -0.0781. The minimum Gasteiger partial charge on any atom is -0.504 e. The number of hydrogen-bond acceptors (Lipinski definition) is 5. The maximum atomic E-state index is 12.6. The number of rotatable bonds is 6. The van der Waals surface area contributed by atoms with Crippen LogP contribution in [0.2, 0.25) is 10.0 Å². The van der Waals surface area contributed by atoms with Crippen molar-refractivity contribution in [2.75, 3.05) is 0 Å². The second-order valence-corrected chi connectivity index (χ2v) is 8.82. The summed E-state index contributed by atoms with van der Waals surface area (Å²) in [5.41, 5.74) is 1.42. The van der Waals surface area contributed by atoms with Gasteiger partial charge in [0.15, 0.2) is 11.5 Å². The Balaban J connectivity index is 1.55. The monoisotopic (exact) mass is 568 g/mol. The molecule has 158 valence electrons. The van der Waals surface area contributed by atoms with E-state index in [0.29, 0.717) is 10.0 Å². The van der Waals surface area contributed by atoms with Crippen LogP contribution in [0, 0.1) is 3.57 Å². The van der Waals surface area contributed by atoms with Crippen LogP contribution in [0.15, 0.2) is 69.9 Å². The SMILES string of the molecule is O=c1cc(OCc2cc(Cl)cc(I)c2)oc2ccc(OCc3cccc(Cl)c3)c(O)c12. The molecule has 0 unspecified atom stereocenters. The van der Waals surface area contributed by atoms with Gasteiger partial charge >= 0.3 is 0 Å². The predicted molar refractivity (Wildman–Crippen MR) is 128 cm³/mol. The molecular formula is C23H15Cl2IO5. The van der Waals surface area contributed by atoms with Crippen molar-refractivity contribution in [2.45, 2.75) is 13.2 Å². The van der Waals surface area contributed by atoms with Crippen LogP contribution in [-0.4, -0.2) is 5.11 Å². The summed E-state index contributed by atoms with van der Waals surface area (Å²) in [6, 6.07) is 17.0. The van der Waals surface area contributed by atoms with Gasteiger partial charge in [-0.25, -0.2) is 0 Å². The zero-order valence-corrected chi connectivity index (χ0v) is 19.6. The van der Waals surface area contributed by atoms with E-state index >= 15 is 0 Å². The van der Waals surface area contributed by atoms with Crippen LogP contribution < -0.4 is 14.9 Å². The van der Waals surface area contributed by atoms with Crippen molar-refractivity contribution >= 4 is 56.8 Å². The molecule has 1 aromatic heterocycles. The van der Waals surface area contributed by atoms with Crippen LogP contribution in [0.3, 0.4) is 0 Å². The van der Waals surface area contributed by atoms with Gasteiger partial charge in [-0.1, -0.05) is 35.3 Å². The standard InChI is InChI=1S/C23H15Cl2IO5/c24-15-3-1-2-13(6-15)11-29-20-5-4-19-22(23(20)28)18(27)10-21(31-19)30-12-14-7-16(25)9-17(26)8-14/h1-10,28H,11-12H2. The molecule has 0 aliphatic carbocycles. The zero-order chi connectivity index (χ0) is 22.0. The fraction of sp³-hybridized carbons (Fsp3) is 0.0870. The van der Waals surface area contributed by atoms with Gasteiger partial charge in [0.2, 0.25) is 5.43 Å². The number of benzene rings is 3. The van der Waals surface area contributed by atoms with E-state index in [1.807, 2.05) is 24.3 Å². The Kier molecular flexibility index (Phi) is 6.60. The topological polar surface area (TPSA) is 68.9 Å². The normalized spacial score (nSPS) is 10.9. The molecule has 4 aromatic rings. The van der Waals surface area contributed by atoms with Crippen molar-refractivity contribution < 1.29 is 19.0 Å². The number of halogens is 3. The maximum absolute atomic E-state index is 12.6. The summed E-state index contributed by atoms with van der Waals surface area (Å²) in [5, 5.41) is 11.8. The Hall–Kier alpha value is -2.42. The Morgan fingerprint density at radius 3 is 2.45 bits per heavy atom. The summed E-state index contributed by atoms with van der Waals surface area (Å²) in [6.07, 6.45) is 0. The van der Waals surface area contributed by atoms with Crippen molar-refractivity contribution in [2.24, 2.45) is 0 Å². The van der Waals surface area contributed by atoms with Gasteiger partial charge in [0, 0.05) is 13.6 Å². The summed E-state index contributed by atoms with van der Waals surface area (Å²) >= 11 is 14.2. The van der Waals surface area contributed by atoms with E-state index in [4.69, 9.17) is 37.1 Å². The van der Waals surface area contributed by atoms with Crippen LogP contribution in [0.25, 0.3) is 11.0 Å². The quantitative estimate of drug-likeness (QED) is 0.266. The largest absolute Gasteiger partial charge is 0.504 e. The van der Waals surface area contributed by atoms with Gasteiger partial charge in [-0.05, 0) is 76.2 Å². The number of phenolic OH excluding ortho intramolecular Hbond substituents is 1. The van der Waals surface area contributed by atoms with E-state index in [-0.39, 0.29) is 41.6 Å². The Labute approximate surface area is 201 Å². The van der Waals surface area contributed by atoms with Crippen LogP contribution in [0.4, 0.5) is 0 Å². The molecular weight excluding hydrogens is 554 g/mol. The molecule has 0 aliphatic rings. The molecule has 0 amide bonds. The second kappa shape index (κ2) is 9.38. The molecule has 4 rings (SSSR count). The molecule has 0 radical (unpaired) electrons. The highest BCUT2D eigenvalue weighted by molar-refractivity contribution is 14.1. The van der Waals surface area contributed by atoms with Crippen LogP contribution >= 0.6 is 45.8 Å². The van der Waals surface area contributed by atoms with E-state index in [1.54, 1.807) is 24.3 Å². The third-order valence-electron chi connectivity index (χ3n) is 4.40. The van der Waals surface area contributed by atoms with Crippen molar-refractivity contribution in [3.8, 4) is 17.4 Å². The Bertz CT molecular complexity index is 1300. The van der Waals surface area contributed by atoms with Crippen LogP contribution in [0.5, 0.6) is 17.4 Å². The Morgan fingerprint density at radius 2 is 1.68 bits per heavy atom. The lowest BCUT2D eigenvalue weighted by atomic mass is 10.2. The van der Waals surface area contributed by atoms with E-state index in [0.717, 1.165) is 14.7 Å². The van der Waals surface area contributed by atoms with Gasteiger partial charge in [-0.3, -0.25) is 4.79 Å².